The lowest BCUT2D eigenvalue weighted by Gasteiger charge is -2.09. The third-order valence-corrected chi connectivity index (χ3v) is 4.58. The van der Waals surface area contributed by atoms with Crippen molar-refractivity contribution in [1.29, 1.82) is 0 Å². The number of nitrogens with zero attached hydrogens (tertiary/aromatic N) is 2. The first kappa shape index (κ1) is 14.5. The number of thiophene rings is 1. The van der Waals surface area contributed by atoms with Gasteiger partial charge in [-0.15, -0.1) is 11.3 Å². The number of aromatic nitrogens is 2. The molecule has 0 saturated heterocycles. The molecule has 0 radical (unpaired) electrons. The van der Waals surface area contributed by atoms with Crippen LogP contribution in [0.1, 0.15) is 11.3 Å². The predicted octanol–water partition coefficient (Wildman–Crippen LogP) is 2.88. The third kappa shape index (κ3) is 2.94. The second-order valence-corrected chi connectivity index (χ2v) is 6.09. The van der Waals surface area contributed by atoms with Crippen LogP contribution in [0.15, 0.2) is 52.6 Å². The van der Waals surface area contributed by atoms with Gasteiger partial charge in [0.05, 0.1) is 5.69 Å². The maximum Gasteiger partial charge on any atom is 0.254 e. The van der Waals surface area contributed by atoms with E-state index in [1.807, 2.05) is 12.1 Å². The molecule has 0 aliphatic rings. The van der Waals surface area contributed by atoms with Gasteiger partial charge in [-0.05, 0) is 35.4 Å². The fourth-order valence-corrected chi connectivity index (χ4v) is 3.19. The highest BCUT2D eigenvalue weighted by Gasteiger charge is 2.08. The van der Waals surface area contributed by atoms with Crippen LogP contribution in [0.25, 0.3) is 10.4 Å². The summed E-state index contributed by atoms with van der Waals surface area (Å²) >= 11 is 1.73. The Balaban J connectivity index is 1.85. The number of nitrogens with two attached hydrogens (primary N) is 1. The van der Waals surface area contributed by atoms with Crippen LogP contribution >= 0.6 is 11.3 Å². The molecule has 3 rings (SSSR count). The molecule has 4 nitrogen and oxygen atoms in total. The molecular formula is C17H17N3OS. The van der Waals surface area contributed by atoms with E-state index in [1.54, 1.807) is 24.5 Å². The van der Waals surface area contributed by atoms with Crippen LogP contribution in [-0.4, -0.2) is 9.55 Å². The lowest BCUT2D eigenvalue weighted by molar-refractivity contribution is 0.806. The Morgan fingerprint density at radius 2 is 2.00 bits per heavy atom. The third-order valence-electron chi connectivity index (χ3n) is 3.68. The van der Waals surface area contributed by atoms with Gasteiger partial charge in [0.2, 0.25) is 5.95 Å². The van der Waals surface area contributed by atoms with Crippen LogP contribution in [0.3, 0.4) is 0 Å². The number of nitrogen functional groups attached to an aromatic ring is 1. The van der Waals surface area contributed by atoms with Gasteiger partial charge in [0.1, 0.15) is 0 Å². The Labute approximate surface area is 132 Å². The zero-order chi connectivity index (χ0) is 15.5. The Hall–Kier alpha value is -2.40. The molecule has 2 heterocycles. The number of rotatable bonds is 4. The van der Waals surface area contributed by atoms with Gasteiger partial charge in [0.25, 0.3) is 5.56 Å². The first-order valence-corrected chi connectivity index (χ1v) is 7.97. The number of hydrogen-bond acceptors (Lipinski definition) is 4. The molecule has 22 heavy (non-hydrogen) atoms. The standard InChI is InChI=1S/C17H17N3OS/c1-20-16(21)11-13(19-17(20)18)9-8-12-5-2-3-6-14(12)15-7-4-10-22-15/h2-7,10-11H,8-9H2,1H3,(H2,18,19). The smallest absolute Gasteiger partial charge is 0.254 e. The number of benzene rings is 1. The SMILES string of the molecule is Cn1c(N)nc(CCc2ccccc2-c2cccs2)cc1=O. The summed E-state index contributed by atoms with van der Waals surface area (Å²) in [5, 5.41) is 2.08. The average Bonchev–Trinajstić information content (AvgIpc) is 3.05. The first-order valence-electron chi connectivity index (χ1n) is 7.09. The van der Waals surface area contributed by atoms with Crippen molar-refractivity contribution in [2.45, 2.75) is 12.8 Å². The van der Waals surface area contributed by atoms with Crippen LogP contribution in [0.2, 0.25) is 0 Å². The lowest BCUT2D eigenvalue weighted by atomic mass is 10.0. The molecule has 0 saturated carbocycles. The van der Waals surface area contributed by atoms with E-state index in [0.29, 0.717) is 6.42 Å². The van der Waals surface area contributed by atoms with E-state index in [1.165, 1.54) is 20.6 Å². The summed E-state index contributed by atoms with van der Waals surface area (Å²) < 4.78 is 1.35. The molecule has 0 atom stereocenters. The summed E-state index contributed by atoms with van der Waals surface area (Å²) in [6.45, 7) is 0. The Kier molecular flexibility index (Phi) is 4.06. The van der Waals surface area contributed by atoms with Gasteiger partial charge in [0, 0.05) is 18.0 Å². The molecule has 0 spiro atoms. The second-order valence-electron chi connectivity index (χ2n) is 5.14. The van der Waals surface area contributed by atoms with Crippen molar-refractivity contribution in [2.75, 3.05) is 5.73 Å². The van der Waals surface area contributed by atoms with Gasteiger partial charge in [-0.25, -0.2) is 4.98 Å². The quantitative estimate of drug-likeness (QED) is 0.806. The minimum atomic E-state index is -0.117. The summed E-state index contributed by atoms with van der Waals surface area (Å²) in [5.41, 5.74) is 8.87. The molecule has 2 aromatic heterocycles. The van der Waals surface area contributed by atoms with E-state index in [-0.39, 0.29) is 11.5 Å². The van der Waals surface area contributed by atoms with Crippen molar-refractivity contribution in [1.82, 2.24) is 9.55 Å². The number of aryl methyl sites for hydroxylation is 2. The Morgan fingerprint density at radius 3 is 2.73 bits per heavy atom. The fourth-order valence-electron chi connectivity index (χ4n) is 2.41. The van der Waals surface area contributed by atoms with Crippen LogP contribution in [-0.2, 0) is 19.9 Å². The molecule has 0 amide bonds. The van der Waals surface area contributed by atoms with Gasteiger partial charge < -0.3 is 5.73 Å². The minimum Gasteiger partial charge on any atom is -0.369 e. The van der Waals surface area contributed by atoms with Crippen LogP contribution in [0, 0.1) is 0 Å². The van der Waals surface area contributed by atoms with Gasteiger partial charge in [-0.3, -0.25) is 9.36 Å². The van der Waals surface area contributed by atoms with Gasteiger partial charge in [-0.2, -0.15) is 0 Å². The molecule has 1 aromatic carbocycles. The van der Waals surface area contributed by atoms with E-state index in [0.717, 1.165) is 12.1 Å². The molecule has 0 aliphatic carbocycles. The minimum absolute atomic E-state index is 0.117. The highest BCUT2D eigenvalue weighted by molar-refractivity contribution is 7.13. The molecule has 0 aliphatic heterocycles. The van der Waals surface area contributed by atoms with E-state index in [2.05, 4.69) is 34.6 Å². The molecule has 0 fully saturated rings. The van der Waals surface area contributed by atoms with Crippen molar-refractivity contribution in [3.63, 3.8) is 0 Å². The summed E-state index contributed by atoms with van der Waals surface area (Å²) in [6, 6.07) is 14.1. The zero-order valence-corrected chi connectivity index (χ0v) is 13.1. The summed E-state index contributed by atoms with van der Waals surface area (Å²) in [4.78, 5) is 17.3. The van der Waals surface area contributed by atoms with Crippen LogP contribution in [0.5, 0.6) is 0 Å². The fraction of sp³-hybridized carbons (Fsp3) is 0.176. The molecule has 112 valence electrons. The van der Waals surface area contributed by atoms with Crippen LogP contribution in [0.4, 0.5) is 5.95 Å². The molecule has 0 bridgehead atoms. The summed E-state index contributed by atoms with van der Waals surface area (Å²) in [5.74, 6) is 0.258. The number of hydrogen-bond donors (Lipinski definition) is 1. The lowest BCUT2D eigenvalue weighted by Crippen LogP contribution is -2.21. The Bertz CT molecular complexity index is 837. The van der Waals surface area contributed by atoms with Crippen molar-refractivity contribution in [2.24, 2.45) is 7.05 Å². The monoisotopic (exact) mass is 311 g/mol. The number of anilines is 1. The Morgan fingerprint density at radius 1 is 1.18 bits per heavy atom. The van der Waals surface area contributed by atoms with Crippen molar-refractivity contribution >= 4 is 17.3 Å². The normalized spacial score (nSPS) is 10.8. The highest BCUT2D eigenvalue weighted by Crippen LogP contribution is 2.28. The maximum absolute atomic E-state index is 11.8. The van der Waals surface area contributed by atoms with Gasteiger partial charge >= 0.3 is 0 Å². The molecule has 2 N–H and O–H groups in total. The van der Waals surface area contributed by atoms with E-state index >= 15 is 0 Å². The maximum atomic E-state index is 11.8. The van der Waals surface area contributed by atoms with E-state index in [4.69, 9.17) is 5.73 Å². The van der Waals surface area contributed by atoms with E-state index < -0.39 is 0 Å². The average molecular weight is 311 g/mol. The van der Waals surface area contributed by atoms with Crippen LogP contribution < -0.4 is 11.3 Å². The van der Waals surface area contributed by atoms with Gasteiger partial charge in [-0.1, -0.05) is 30.3 Å². The summed E-state index contributed by atoms with van der Waals surface area (Å²) in [6.07, 6.45) is 1.52. The molecule has 3 aromatic rings. The molecular weight excluding hydrogens is 294 g/mol. The van der Waals surface area contributed by atoms with E-state index in [9.17, 15) is 4.79 Å². The molecule has 5 heteroatoms. The summed E-state index contributed by atoms with van der Waals surface area (Å²) in [7, 11) is 1.63. The highest BCUT2D eigenvalue weighted by atomic mass is 32.1. The van der Waals surface area contributed by atoms with Crippen molar-refractivity contribution in [3.05, 3.63) is 69.5 Å². The van der Waals surface area contributed by atoms with Crippen molar-refractivity contribution in [3.8, 4) is 10.4 Å². The predicted molar refractivity (Wildman–Crippen MR) is 91.1 cm³/mol. The topological polar surface area (TPSA) is 60.9 Å². The molecule has 0 unspecified atom stereocenters. The second kappa shape index (κ2) is 6.15. The largest absolute Gasteiger partial charge is 0.369 e. The zero-order valence-electron chi connectivity index (χ0n) is 12.3. The first-order chi connectivity index (χ1) is 10.6. The van der Waals surface area contributed by atoms with Crippen molar-refractivity contribution < 1.29 is 0 Å². The van der Waals surface area contributed by atoms with Gasteiger partial charge in [0.15, 0.2) is 0 Å².